The number of benzene rings is 1. The summed E-state index contributed by atoms with van der Waals surface area (Å²) in [5.41, 5.74) is 7.65. The molecular weight excluding hydrogens is 605 g/mol. The molecule has 1 unspecified atom stereocenters. The van der Waals surface area contributed by atoms with Crippen LogP contribution >= 0.6 is 0 Å². The fraction of sp³-hybridized carbons (Fsp3) is 0.667. The zero-order valence-corrected chi connectivity index (χ0v) is 27.9. The van der Waals surface area contributed by atoms with Crippen LogP contribution in [-0.4, -0.2) is 71.4 Å². The number of rotatable bonds is 11. The quantitative estimate of drug-likeness (QED) is 0.214. The Morgan fingerprint density at radius 1 is 0.936 bits per heavy atom. The van der Waals surface area contributed by atoms with Gasteiger partial charge < -0.3 is 29.8 Å². The summed E-state index contributed by atoms with van der Waals surface area (Å²) >= 11 is 0. The third-order valence-electron chi connectivity index (χ3n) is 10.4. The van der Waals surface area contributed by atoms with Crippen LogP contribution in [0.25, 0.3) is 10.9 Å². The van der Waals surface area contributed by atoms with E-state index in [1.807, 2.05) is 23.1 Å². The SMILES string of the molecule is CC(C)OC(=O)OC(C)OC(=O)c1cc2cc(CC(=O)[C@@H]3[C@H](C4CCCCC4)CCN3C(=O)C3CCC([C@H](N)CF)CC3)ccc2[nH]1. The number of ketones is 1. The largest absolute Gasteiger partial charge is 0.511 e. The number of amides is 1. The lowest BCUT2D eigenvalue weighted by Gasteiger charge is -2.37. The lowest BCUT2D eigenvalue weighted by Crippen LogP contribution is -2.48. The number of aromatic nitrogens is 1. The summed E-state index contributed by atoms with van der Waals surface area (Å²) in [5, 5.41) is 0.737. The molecule has 258 valence electrons. The van der Waals surface area contributed by atoms with Gasteiger partial charge >= 0.3 is 12.1 Å². The second kappa shape index (κ2) is 15.6. The van der Waals surface area contributed by atoms with E-state index >= 15 is 0 Å². The van der Waals surface area contributed by atoms with E-state index in [0.29, 0.717) is 30.8 Å². The molecule has 2 aliphatic carbocycles. The number of hydrogen-bond acceptors (Lipinski definition) is 8. The van der Waals surface area contributed by atoms with E-state index < -0.39 is 37.2 Å². The molecule has 3 fully saturated rings. The van der Waals surface area contributed by atoms with Crippen LogP contribution in [0.2, 0.25) is 0 Å². The fourth-order valence-corrected chi connectivity index (χ4v) is 7.99. The van der Waals surface area contributed by atoms with Crippen molar-refractivity contribution >= 4 is 34.7 Å². The molecule has 47 heavy (non-hydrogen) atoms. The normalized spacial score (nSPS) is 25.0. The molecule has 1 aromatic carbocycles. The zero-order chi connectivity index (χ0) is 33.7. The first kappa shape index (κ1) is 34.9. The number of nitrogens with two attached hydrogens (primary N) is 1. The summed E-state index contributed by atoms with van der Waals surface area (Å²) in [6.07, 6.45) is 7.17. The van der Waals surface area contributed by atoms with Crippen LogP contribution in [0.5, 0.6) is 0 Å². The molecule has 1 aliphatic heterocycles. The van der Waals surface area contributed by atoms with E-state index in [2.05, 4.69) is 4.98 Å². The number of Topliss-reactive ketones (excluding diaryl/α,β-unsaturated/α-hetero) is 1. The van der Waals surface area contributed by atoms with Crippen molar-refractivity contribution < 1.29 is 37.8 Å². The molecular formula is C36H50FN3O7. The average molecular weight is 656 g/mol. The third-order valence-corrected chi connectivity index (χ3v) is 10.4. The van der Waals surface area contributed by atoms with Crippen molar-refractivity contribution in [3.8, 4) is 0 Å². The van der Waals surface area contributed by atoms with Gasteiger partial charge in [-0.3, -0.25) is 9.59 Å². The summed E-state index contributed by atoms with van der Waals surface area (Å²) in [6, 6.07) is 6.29. The van der Waals surface area contributed by atoms with Crippen molar-refractivity contribution in [2.75, 3.05) is 13.2 Å². The Balaban J connectivity index is 1.27. The Kier molecular flexibility index (Phi) is 11.6. The second-order valence-corrected chi connectivity index (χ2v) is 14.0. The highest BCUT2D eigenvalue weighted by Crippen LogP contribution is 2.41. The van der Waals surface area contributed by atoms with Crippen molar-refractivity contribution in [2.24, 2.45) is 29.4 Å². The first-order chi connectivity index (χ1) is 22.5. The number of ether oxygens (including phenoxy) is 3. The minimum atomic E-state index is -1.15. The summed E-state index contributed by atoms with van der Waals surface area (Å²) < 4.78 is 28.3. The van der Waals surface area contributed by atoms with E-state index in [4.69, 9.17) is 19.9 Å². The van der Waals surface area contributed by atoms with Gasteiger partial charge in [-0.25, -0.2) is 14.0 Å². The van der Waals surface area contributed by atoms with Crippen LogP contribution in [0.4, 0.5) is 9.18 Å². The number of esters is 1. The summed E-state index contributed by atoms with van der Waals surface area (Å²) in [5.74, 6) is -0.0367. The number of likely N-dealkylation sites (tertiary alicyclic amines) is 1. The number of nitrogens with zero attached hydrogens (tertiary/aromatic N) is 1. The Morgan fingerprint density at radius 3 is 2.34 bits per heavy atom. The van der Waals surface area contributed by atoms with Crippen LogP contribution in [0, 0.1) is 23.7 Å². The smallest absolute Gasteiger partial charge is 0.431 e. The number of aromatic amines is 1. The molecule has 11 heteroatoms. The molecule has 2 aromatic rings. The molecule has 0 bridgehead atoms. The molecule has 1 saturated heterocycles. The number of nitrogens with one attached hydrogen (secondary N) is 1. The van der Waals surface area contributed by atoms with Crippen LogP contribution in [0.15, 0.2) is 24.3 Å². The standard InChI is InChI=1S/C36H50FN3O7/c1-21(2)45-36(44)47-22(3)46-35(43)31-19-27-17-23(9-14-30(27)39-31)18-32(41)33-28(24-7-5-4-6-8-24)15-16-40(33)34(42)26-12-10-25(11-13-26)29(38)20-37/h9,14,17,19,21-22,24-26,28-29,33,39H,4-8,10-13,15-16,18,20,38H2,1-3H3/t22?,25?,26?,28-,29+,33-/m0/s1. The van der Waals surface area contributed by atoms with Crippen molar-refractivity contribution in [1.82, 2.24) is 9.88 Å². The van der Waals surface area contributed by atoms with Gasteiger partial charge in [0.05, 0.1) is 12.1 Å². The molecule has 1 aromatic heterocycles. The number of alkyl halides is 1. The van der Waals surface area contributed by atoms with Crippen LogP contribution in [0.3, 0.4) is 0 Å². The molecule has 1 amide bonds. The van der Waals surface area contributed by atoms with Crippen LogP contribution < -0.4 is 5.73 Å². The van der Waals surface area contributed by atoms with E-state index in [-0.39, 0.29) is 47.7 Å². The van der Waals surface area contributed by atoms with Crippen LogP contribution in [-0.2, 0) is 30.2 Å². The molecule has 2 saturated carbocycles. The Morgan fingerprint density at radius 2 is 1.66 bits per heavy atom. The van der Waals surface area contributed by atoms with Gasteiger partial charge in [0.1, 0.15) is 12.4 Å². The van der Waals surface area contributed by atoms with Gasteiger partial charge in [0.15, 0.2) is 5.78 Å². The van der Waals surface area contributed by atoms with Gasteiger partial charge in [0.2, 0.25) is 12.2 Å². The predicted molar refractivity (Wildman–Crippen MR) is 174 cm³/mol. The number of hydrogen-bond donors (Lipinski definition) is 2. The van der Waals surface area contributed by atoms with E-state index in [9.17, 15) is 23.6 Å². The van der Waals surface area contributed by atoms with Gasteiger partial charge in [-0.15, -0.1) is 0 Å². The maximum Gasteiger partial charge on any atom is 0.511 e. The molecule has 0 spiro atoms. The lowest BCUT2D eigenvalue weighted by atomic mass is 9.75. The van der Waals surface area contributed by atoms with Gasteiger partial charge in [-0.05, 0) is 87.5 Å². The Labute approximate surface area is 276 Å². The third kappa shape index (κ3) is 8.52. The highest BCUT2D eigenvalue weighted by atomic mass is 19.1. The monoisotopic (exact) mass is 655 g/mol. The van der Waals surface area contributed by atoms with Gasteiger partial charge in [0, 0.05) is 42.8 Å². The average Bonchev–Trinajstić information content (AvgIpc) is 3.69. The number of halogens is 1. The van der Waals surface area contributed by atoms with E-state index in [1.165, 1.54) is 13.3 Å². The van der Waals surface area contributed by atoms with Crippen molar-refractivity contribution in [2.45, 2.75) is 116 Å². The molecule has 10 nitrogen and oxygen atoms in total. The molecule has 5 rings (SSSR count). The van der Waals surface area contributed by atoms with Gasteiger partial charge in [-0.2, -0.15) is 0 Å². The molecule has 0 radical (unpaired) electrons. The molecule has 2 heterocycles. The minimum absolute atomic E-state index is 0.0494. The van der Waals surface area contributed by atoms with Gasteiger partial charge in [0.25, 0.3) is 0 Å². The Bertz CT molecular complexity index is 1410. The minimum Gasteiger partial charge on any atom is -0.431 e. The maximum atomic E-state index is 14.2. The number of fused-ring (bicyclic) bond motifs is 1. The number of carbonyl (C=O) groups excluding carboxylic acids is 4. The van der Waals surface area contributed by atoms with Crippen LogP contribution in [0.1, 0.15) is 101 Å². The van der Waals surface area contributed by atoms with Crippen molar-refractivity contribution in [3.05, 3.63) is 35.5 Å². The highest BCUT2D eigenvalue weighted by Gasteiger charge is 2.46. The van der Waals surface area contributed by atoms with Gasteiger partial charge in [-0.1, -0.05) is 38.2 Å². The lowest BCUT2D eigenvalue weighted by molar-refractivity contribution is -0.143. The number of carbonyl (C=O) groups is 4. The summed E-state index contributed by atoms with van der Waals surface area (Å²) in [7, 11) is 0. The Hall–Kier alpha value is -3.47. The summed E-state index contributed by atoms with van der Waals surface area (Å²) in [4.78, 5) is 57.5. The summed E-state index contributed by atoms with van der Waals surface area (Å²) in [6.45, 7) is 4.85. The molecule has 3 N–H and O–H groups in total. The second-order valence-electron chi connectivity index (χ2n) is 14.0. The van der Waals surface area contributed by atoms with E-state index in [0.717, 1.165) is 55.9 Å². The topological polar surface area (TPSA) is 141 Å². The maximum absolute atomic E-state index is 14.2. The zero-order valence-electron chi connectivity index (χ0n) is 27.9. The highest BCUT2D eigenvalue weighted by molar-refractivity contribution is 5.96. The van der Waals surface area contributed by atoms with Crippen molar-refractivity contribution in [3.63, 3.8) is 0 Å². The first-order valence-corrected chi connectivity index (χ1v) is 17.4. The predicted octanol–water partition coefficient (Wildman–Crippen LogP) is 6.24. The van der Waals surface area contributed by atoms with E-state index in [1.54, 1.807) is 19.9 Å². The molecule has 3 aliphatic rings. The fourth-order valence-electron chi connectivity index (χ4n) is 7.99. The van der Waals surface area contributed by atoms with Crippen molar-refractivity contribution in [1.29, 1.82) is 0 Å². The first-order valence-electron chi connectivity index (χ1n) is 17.4. The number of H-pyrrole nitrogens is 1. The molecule has 4 atom stereocenters.